The average molecular weight is 263 g/mol. The Hall–Kier alpha value is -1.60. The molecule has 0 amide bonds. The first-order chi connectivity index (χ1) is 8.91. The zero-order valence-corrected chi connectivity index (χ0v) is 12.1. The highest BCUT2D eigenvalue weighted by Gasteiger charge is 2.28. The molecular weight excluding hydrogens is 241 g/mol. The Morgan fingerprint density at radius 1 is 1.42 bits per heavy atom. The Morgan fingerprint density at radius 3 is 2.53 bits per heavy atom. The van der Waals surface area contributed by atoms with Crippen LogP contribution >= 0.6 is 0 Å². The molecular formula is C15H22FN3. The van der Waals surface area contributed by atoms with Crippen molar-refractivity contribution < 1.29 is 4.39 Å². The van der Waals surface area contributed by atoms with Gasteiger partial charge in [-0.3, -0.25) is 5.32 Å². The van der Waals surface area contributed by atoms with Crippen molar-refractivity contribution in [3.63, 3.8) is 0 Å². The molecule has 19 heavy (non-hydrogen) atoms. The second kappa shape index (κ2) is 6.53. The SMILES string of the molecule is CCN(CC(C)(C#N)NC(C)C)c1ccccc1F. The minimum atomic E-state index is -0.702. The van der Waals surface area contributed by atoms with E-state index in [1.807, 2.05) is 32.6 Å². The number of nitrogens with zero attached hydrogens (tertiary/aromatic N) is 2. The minimum absolute atomic E-state index is 0.198. The van der Waals surface area contributed by atoms with Crippen molar-refractivity contribution >= 4 is 5.69 Å². The summed E-state index contributed by atoms with van der Waals surface area (Å²) in [5, 5.41) is 12.6. The predicted octanol–water partition coefficient (Wildman–Crippen LogP) is 2.93. The van der Waals surface area contributed by atoms with E-state index in [1.54, 1.807) is 18.2 Å². The number of anilines is 1. The van der Waals surface area contributed by atoms with Crippen molar-refractivity contribution in [3.05, 3.63) is 30.1 Å². The van der Waals surface area contributed by atoms with E-state index < -0.39 is 5.54 Å². The van der Waals surface area contributed by atoms with Crippen molar-refractivity contribution in [2.75, 3.05) is 18.0 Å². The average Bonchev–Trinajstić information content (AvgIpc) is 2.36. The van der Waals surface area contributed by atoms with E-state index in [2.05, 4.69) is 11.4 Å². The van der Waals surface area contributed by atoms with Crippen molar-refractivity contribution in [2.24, 2.45) is 0 Å². The molecule has 104 valence electrons. The standard InChI is InChI=1S/C15H22FN3/c1-5-19(14-9-7-6-8-13(14)16)11-15(4,10-17)18-12(2)3/h6-9,12,18H,5,11H2,1-4H3. The van der Waals surface area contributed by atoms with Gasteiger partial charge in [0.2, 0.25) is 0 Å². The van der Waals surface area contributed by atoms with E-state index in [0.717, 1.165) is 0 Å². The Balaban J connectivity index is 2.94. The Bertz CT molecular complexity index is 453. The van der Waals surface area contributed by atoms with E-state index in [-0.39, 0.29) is 11.9 Å². The first-order valence-electron chi connectivity index (χ1n) is 6.60. The lowest BCUT2D eigenvalue weighted by Gasteiger charge is -2.33. The van der Waals surface area contributed by atoms with E-state index in [9.17, 15) is 9.65 Å². The molecule has 1 atom stereocenters. The van der Waals surface area contributed by atoms with Crippen LogP contribution in [-0.2, 0) is 0 Å². The quantitative estimate of drug-likeness (QED) is 0.857. The lowest BCUT2D eigenvalue weighted by Crippen LogP contribution is -2.53. The number of benzene rings is 1. The molecule has 1 aromatic carbocycles. The van der Waals surface area contributed by atoms with Gasteiger partial charge in [0, 0.05) is 19.1 Å². The summed E-state index contributed by atoms with van der Waals surface area (Å²) in [7, 11) is 0. The first kappa shape index (κ1) is 15.5. The summed E-state index contributed by atoms with van der Waals surface area (Å²) < 4.78 is 13.8. The number of likely N-dealkylation sites (N-methyl/N-ethyl adjacent to an activating group) is 1. The van der Waals surface area contributed by atoms with Crippen LogP contribution in [0, 0.1) is 17.1 Å². The largest absolute Gasteiger partial charge is 0.367 e. The zero-order valence-electron chi connectivity index (χ0n) is 12.1. The topological polar surface area (TPSA) is 39.1 Å². The van der Waals surface area contributed by atoms with Gasteiger partial charge in [0.05, 0.1) is 11.8 Å². The molecule has 0 aliphatic rings. The number of nitriles is 1. The number of para-hydroxylation sites is 1. The number of halogens is 1. The maximum atomic E-state index is 13.8. The van der Waals surface area contributed by atoms with Gasteiger partial charge in [-0.25, -0.2) is 4.39 Å². The molecule has 1 aromatic rings. The van der Waals surface area contributed by atoms with Crippen LogP contribution in [0.15, 0.2) is 24.3 Å². The van der Waals surface area contributed by atoms with Crippen LogP contribution in [0.2, 0.25) is 0 Å². The van der Waals surface area contributed by atoms with E-state index in [0.29, 0.717) is 18.8 Å². The maximum absolute atomic E-state index is 13.8. The van der Waals surface area contributed by atoms with E-state index in [4.69, 9.17) is 0 Å². The van der Waals surface area contributed by atoms with Crippen LogP contribution < -0.4 is 10.2 Å². The molecule has 0 saturated carbocycles. The van der Waals surface area contributed by atoms with Crippen LogP contribution in [0.3, 0.4) is 0 Å². The van der Waals surface area contributed by atoms with Gasteiger partial charge < -0.3 is 4.90 Å². The summed E-state index contributed by atoms with van der Waals surface area (Å²) in [6.45, 7) is 8.89. The van der Waals surface area contributed by atoms with Crippen molar-refractivity contribution in [2.45, 2.75) is 39.3 Å². The van der Waals surface area contributed by atoms with Gasteiger partial charge >= 0.3 is 0 Å². The molecule has 0 saturated heterocycles. The summed E-state index contributed by atoms with van der Waals surface area (Å²) >= 11 is 0. The van der Waals surface area contributed by atoms with Gasteiger partial charge in [0.15, 0.2) is 0 Å². The normalized spacial score (nSPS) is 13.9. The smallest absolute Gasteiger partial charge is 0.146 e. The van der Waals surface area contributed by atoms with Crippen LogP contribution in [0.5, 0.6) is 0 Å². The lowest BCUT2D eigenvalue weighted by molar-refractivity contribution is 0.403. The van der Waals surface area contributed by atoms with Crippen molar-refractivity contribution in [1.29, 1.82) is 5.26 Å². The van der Waals surface area contributed by atoms with Gasteiger partial charge in [-0.15, -0.1) is 0 Å². The van der Waals surface area contributed by atoms with Gasteiger partial charge in [-0.1, -0.05) is 12.1 Å². The summed E-state index contributed by atoms with van der Waals surface area (Å²) in [5.74, 6) is -0.255. The molecule has 0 radical (unpaired) electrons. The van der Waals surface area contributed by atoms with Gasteiger partial charge in [0.25, 0.3) is 0 Å². The number of rotatable bonds is 6. The van der Waals surface area contributed by atoms with Crippen LogP contribution in [0.4, 0.5) is 10.1 Å². The van der Waals surface area contributed by atoms with Gasteiger partial charge in [-0.05, 0) is 39.8 Å². The van der Waals surface area contributed by atoms with Crippen molar-refractivity contribution in [3.8, 4) is 6.07 Å². The summed E-state index contributed by atoms with van der Waals surface area (Å²) in [6.07, 6.45) is 0. The Morgan fingerprint density at radius 2 is 2.05 bits per heavy atom. The minimum Gasteiger partial charge on any atom is -0.367 e. The molecule has 3 nitrogen and oxygen atoms in total. The van der Waals surface area contributed by atoms with E-state index in [1.165, 1.54) is 6.07 Å². The second-order valence-electron chi connectivity index (χ2n) is 5.21. The number of hydrogen-bond donors (Lipinski definition) is 1. The Labute approximate surface area is 115 Å². The molecule has 1 rings (SSSR count). The maximum Gasteiger partial charge on any atom is 0.146 e. The second-order valence-corrected chi connectivity index (χ2v) is 5.21. The molecule has 0 aromatic heterocycles. The Kier molecular flexibility index (Phi) is 5.31. The highest BCUT2D eigenvalue weighted by atomic mass is 19.1. The van der Waals surface area contributed by atoms with Gasteiger partial charge in [-0.2, -0.15) is 5.26 Å². The molecule has 0 aliphatic carbocycles. The molecule has 0 bridgehead atoms. The van der Waals surface area contributed by atoms with E-state index >= 15 is 0 Å². The first-order valence-corrected chi connectivity index (χ1v) is 6.60. The summed E-state index contributed by atoms with van der Waals surface area (Å²) in [6, 6.07) is 9.15. The molecule has 4 heteroatoms. The number of hydrogen-bond acceptors (Lipinski definition) is 3. The predicted molar refractivity (Wildman–Crippen MR) is 76.6 cm³/mol. The fourth-order valence-corrected chi connectivity index (χ4v) is 2.21. The molecule has 0 aliphatic heterocycles. The van der Waals surface area contributed by atoms with Crippen LogP contribution in [0.1, 0.15) is 27.7 Å². The molecule has 0 spiro atoms. The fourth-order valence-electron chi connectivity index (χ4n) is 2.21. The van der Waals surface area contributed by atoms with Crippen LogP contribution in [-0.4, -0.2) is 24.7 Å². The highest BCUT2D eigenvalue weighted by Crippen LogP contribution is 2.20. The fraction of sp³-hybridized carbons (Fsp3) is 0.533. The monoisotopic (exact) mass is 263 g/mol. The molecule has 0 heterocycles. The van der Waals surface area contributed by atoms with Crippen molar-refractivity contribution in [1.82, 2.24) is 5.32 Å². The zero-order chi connectivity index (χ0) is 14.5. The highest BCUT2D eigenvalue weighted by molar-refractivity contribution is 5.48. The third kappa shape index (κ3) is 4.22. The summed E-state index contributed by atoms with van der Waals surface area (Å²) in [5.41, 5.74) is -0.163. The van der Waals surface area contributed by atoms with Crippen LogP contribution in [0.25, 0.3) is 0 Å². The lowest BCUT2D eigenvalue weighted by atomic mass is 10.0. The van der Waals surface area contributed by atoms with Gasteiger partial charge in [0.1, 0.15) is 11.4 Å². The third-order valence-electron chi connectivity index (χ3n) is 2.94. The molecule has 1 unspecified atom stereocenters. The molecule has 1 N–H and O–H groups in total. The molecule has 0 fully saturated rings. The number of nitrogens with one attached hydrogen (secondary N) is 1. The summed E-state index contributed by atoms with van der Waals surface area (Å²) in [4.78, 5) is 1.88. The third-order valence-corrected chi connectivity index (χ3v) is 2.94.